The Morgan fingerprint density at radius 2 is 1.59 bits per heavy atom. The Hall–Kier alpha value is -3.11. The summed E-state index contributed by atoms with van der Waals surface area (Å²) in [5.41, 5.74) is 3.69. The summed E-state index contributed by atoms with van der Waals surface area (Å²) in [5, 5.41) is 3.04. The molecule has 5 heteroatoms. The first kappa shape index (κ1) is 18.7. The lowest BCUT2D eigenvalue weighted by molar-refractivity contribution is -0.119. The molecule has 0 saturated carbocycles. The van der Waals surface area contributed by atoms with E-state index in [4.69, 9.17) is 16.3 Å². The Labute approximate surface area is 162 Å². The number of esters is 1. The van der Waals surface area contributed by atoms with Gasteiger partial charge in [0.2, 0.25) is 0 Å². The zero-order valence-electron chi connectivity index (χ0n) is 14.7. The normalized spacial score (nSPS) is 10.3. The number of carbonyl (C=O) groups excluding carboxylic acids is 2. The highest BCUT2D eigenvalue weighted by molar-refractivity contribution is 6.33. The second-order valence-corrected chi connectivity index (χ2v) is 6.42. The van der Waals surface area contributed by atoms with Gasteiger partial charge in [-0.2, -0.15) is 0 Å². The SMILES string of the molecule is Cc1ccc(-c2ccccc2C(=O)OCC(=O)Nc2ccccc2Cl)cc1. The molecule has 0 atom stereocenters. The molecule has 27 heavy (non-hydrogen) atoms. The molecule has 0 fully saturated rings. The van der Waals surface area contributed by atoms with Crippen LogP contribution in [0.5, 0.6) is 0 Å². The molecule has 0 aliphatic heterocycles. The molecule has 1 amide bonds. The van der Waals surface area contributed by atoms with Crippen molar-refractivity contribution in [1.82, 2.24) is 0 Å². The van der Waals surface area contributed by atoms with E-state index in [1.54, 1.807) is 36.4 Å². The van der Waals surface area contributed by atoms with Crippen LogP contribution in [0.4, 0.5) is 5.69 Å². The first-order chi connectivity index (χ1) is 13.0. The van der Waals surface area contributed by atoms with Crippen molar-refractivity contribution >= 4 is 29.2 Å². The molecule has 0 spiro atoms. The highest BCUT2D eigenvalue weighted by atomic mass is 35.5. The van der Waals surface area contributed by atoms with Gasteiger partial charge in [0.1, 0.15) is 0 Å². The number of hydrogen-bond donors (Lipinski definition) is 1. The molecule has 0 heterocycles. The maximum atomic E-state index is 12.5. The summed E-state index contributed by atoms with van der Waals surface area (Å²) in [4.78, 5) is 24.5. The van der Waals surface area contributed by atoms with Crippen molar-refractivity contribution in [2.24, 2.45) is 0 Å². The summed E-state index contributed by atoms with van der Waals surface area (Å²) >= 11 is 6.00. The molecule has 1 N–H and O–H groups in total. The Kier molecular flexibility index (Phi) is 5.89. The van der Waals surface area contributed by atoms with Crippen LogP contribution >= 0.6 is 11.6 Å². The Balaban J connectivity index is 1.69. The average Bonchev–Trinajstić information content (AvgIpc) is 2.68. The van der Waals surface area contributed by atoms with Gasteiger partial charge in [-0.25, -0.2) is 4.79 Å². The lowest BCUT2D eigenvalue weighted by Gasteiger charge is -2.11. The molecular weight excluding hydrogens is 362 g/mol. The zero-order valence-corrected chi connectivity index (χ0v) is 15.5. The number of hydrogen-bond acceptors (Lipinski definition) is 3. The minimum atomic E-state index is -0.555. The number of amides is 1. The van der Waals surface area contributed by atoms with Gasteiger partial charge in [-0.15, -0.1) is 0 Å². The van der Waals surface area contributed by atoms with E-state index in [0.29, 0.717) is 16.3 Å². The van der Waals surface area contributed by atoms with Crippen LogP contribution in [-0.4, -0.2) is 18.5 Å². The standard InChI is InChI=1S/C22H18ClNO3/c1-15-10-12-16(13-11-15)17-6-2-3-7-18(17)22(26)27-14-21(25)24-20-9-5-4-8-19(20)23/h2-13H,14H2,1H3,(H,24,25). The maximum Gasteiger partial charge on any atom is 0.339 e. The molecule has 3 rings (SSSR count). The molecule has 4 nitrogen and oxygen atoms in total. The number of aryl methyl sites for hydroxylation is 1. The Morgan fingerprint density at radius 1 is 0.926 bits per heavy atom. The lowest BCUT2D eigenvalue weighted by atomic mass is 9.99. The lowest BCUT2D eigenvalue weighted by Crippen LogP contribution is -2.21. The van der Waals surface area contributed by atoms with Crippen molar-refractivity contribution in [3.8, 4) is 11.1 Å². The van der Waals surface area contributed by atoms with E-state index in [-0.39, 0.29) is 0 Å². The van der Waals surface area contributed by atoms with Gasteiger partial charge in [-0.05, 0) is 36.2 Å². The number of rotatable bonds is 5. The van der Waals surface area contributed by atoms with Gasteiger partial charge in [0.15, 0.2) is 6.61 Å². The number of anilines is 1. The Morgan fingerprint density at radius 3 is 2.33 bits per heavy atom. The van der Waals surface area contributed by atoms with Crippen LogP contribution in [0.2, 0.25) is 5.02 Å². The van der Waals surface area contributed by atoms with Crippen LogP contribution in [-0.2, 0) is 9.53 Å². The van der Waals surface area contributed by atoms with Gasteiger partial charge >= 0.3 is 5.97 Å². The minimum absolute atomic E-state index is 0.397. The molecule has 3 aromatic rings. The number of carbonyl (C=O) groups is 2. The molecule has 0 aliphatic carbocycles. The number of nitrogens with one attached hydrogen (secondary N) is 1. The predicted octanol–water partition coefficient (Wildman–Crippen LogP) is 5.11. The average molecular weight is 380 g/mol. The van der Waals surface area contributed by atoms with E-state index in [9.17, 15) is 9.59 Å². The summed E-state index contributed by atoms with van der Waals surface area (Å²) < 4.78 is 5.19. The molecular formula is C22H18ClNO3. The third kappa shape index (κ3) is 4.74. The summed E-state index contributed by atoms with van der Waals surface area (Å²) in [7, 11) is 0. The van der Waals surface area contributed by atoms with Gasteiger partial charge in [-0.1, -0.05) is 71.8 Å². The van der Waals surface area contributed by atoms with E-state index in [1.165, 1.54) is 0 Å². The van der Waals surface area contributed by atoms with Crippen molar-refractivity contribution in [1.29, 1.82) is 0 Å². The molecule has 0 aromatic heterocycles. The largest absolute Gasteiger partial charge is 0.452 e. The smallest absolute Gasteiger partial charge is 0.339 e. The molecule has 0 saturated heterocycles. The summed E-state index contributed by atoms with van der Waals surface area (Å²) in [6.45, 7) is 1.61. The maximum absolute atomic E-state index is 12.5. The molecule has 0 aliphatic rings. The van der Waals surface area contributed by atoms with Crippen molar-refractivity contribution in [3.63, 3.8) is 0 Å². The van der Waals surface area contributed by atoms with Gasteiger partial charge < -0.3 is 10.1 Å². The first-order valence-corrected chi connectivity index (χ1v) is 8.80. The van der Waals surface area contributed by atoms with Gasteiger partial charge in [-0.3, -0.25) is 4.79 Å². The van der Waals surface area contributed by atoms with Crippen molar-refractivity contribution < 1.29 is 14.3 Å². The van der Waals surface area contributed by atoms with Crippen molar-refractivity contribution in [2.75, 3.05) is 11.9 Å². The fourth-order valence-electron chi connectivity index (χ4n) is 2.60. The number of ether oxygens (including phenoxy) is 1. The first-order valence-electron chi connectivity index (χ1n) is 8.42. The molecule has 3 aromatic carbocycles. The van der Waals surface area contributed by atoms with E-state index in [1.807, 2.05) is 43.3 Å². The summed E-state index contributed by atoms with van der Waals surface area (Å²) in [6.07, 6.45) is 0. The van der Waals surface area contributed by atoms with Gasteiger partial charge in [0.05, 0.1) is 16.3 Å². The fraction of sp³-hybridized carbons (Fsp3) is 0.0909. The predicted molar refractivity (Wildman–Crippen MR) is 107 cm³/mol. The topological polar surface area (TPSA) is 55.4 Å². The van der Waals surface area contributed by atoms with Crippen LogP contribution in [0.25, 0.3) is 11.1 Å². The monoisotopic (exact) mass is 379 g/mol. The highest BCUT2D eigenvalue weighted by Gasteiger charge is 2.15. The van der Waals surface area contributed by atoms with Crippen molar-refractivity contribution in [3.05, 3.63) is 88.9 Å². The quantitative estimate of drug-likeness (QED) is 0.626. The highest BCUT2D eigenvalue weighted by Crippen LogP contribution is 2.25. The third-order valence-electron chi connectivity index (χ3n) is 3.99. The van der Waals surface area contributed by atoms with Crippen LogP contribution < -0.4 is 5.32 Å². The second kappa shape index (κ2) is 8.52. The van der Waals surface area contributed by atoms with Crippen LogP contribution in [0.3, 0.4) is 0 Å². The van der Waals surface area contributed by atoms with Gasteiger partial charge in [0, 0.05) is 0 Å². The van der Waals surface area contributed by atoms with E-state index >= 15 is 0 Å². The third-order valence-corrected chi connectivity index (χ3v) is 4.32. The fourth-order valence-corrected chi connectivity index (χ4v) is 2.79. The Bertz CT molecular complexity index is 967. The molecule has 0 unspecified atom stereocenters. The van der Waals surface area contributed by atoms with Crippen molar-refractivity contribution in [2.45, 2.75) is 6.92 Å². The minimum Gasteiger partial charge on any atom is -0.452 e. The van der Waals surface area contributed by atoms with E-state index in [0.717, 1.165) is 16.7 Å². The summed E-state index contributed by atoms with van der Waals surface area (Å²) in [5.74, 6) is -1.01. The second-order valence-electron chi connectivity index (χ2n) is 6.02. The summed E-state index contributed by atoms with van der Waals surface area (Å²) in [6, 6.07) is 21.9. The zero-order chi connectivity index (χ0) is 19.2. The van der Waals surface area contributed by atoms with Gasteiger partial charge in [0.25, 0.3) is 5.91 Å². The molecule has 0 radical (unpaired) electrons. The van der Waals surface area contributed by atoms with Crippen LogP contribution in [0, 0.1) is 6.92 Å². The number of halogens is 1. The van der Waals surface area contributed by atoms with Crippen LogP contribution in [0.1, 0.15) is 15.9 Å². The number of benzene rings is 3. The van der Waals surface area contributed by atoms with Crippen LogP contribution in [0.15, 0.2) is 72.8 Å². The number of para-hydroxylation sites is 1. The van der Waals surface area contributed by atoms with E-state index < -0.39 is 18.5 Å². The molecule has 136 valence electrons. The molecule has 0 bridgehead atoms. The van der Waals surface area contributed by atoms with E-state index in [2.05, 4.69) is 5.32 Å².